The van der Waals surface area contributed by atoms with Crippen LogP contribution in [0.2, 0.25) is 0 Å². The van der Waals surface area contributed by atoms with Gasteiger partial charge in [0.15, 0.2) is 0 Å². The van der Waals surface area contributed by atoms with Crippen LogP contribution in [0.25, 0.3) is 0 Å². The van der Waals surface area contributed by atoms with Crippen molar-refractivity contribution in [3.8, 4) is 5.75 Å². The minimum atomic E-state index is -0.0917. The zero-order valence-corrected chi connectivity index (χ0v) is 11.0. The van der Waals surface area contributed by atoms with Crippen molar-refractivity contribution in [1.29, 1.82) is 0 Å². The van der Waals surface area contributed by atoms with Crippen molar-refractivity contribution in [2.45, 2.75) is 39.0 Å². The Morgan fingerprint density at radius 2 is 2.28 bits per heavy atom. The Morgan fingerprint density at radius 1 is 1.50 bits per heavy atom. The standard InChI is InChI=1S/C15H20O3/c1-3-12(15(17)18-4-2)14-7-5-10-9-11(16)6-8-13(10)14/h6,8-9,12,14,16H,3-5,7H2,1-2H3. The van der Waals surface area contributed by atoms with E-state index in [0.717, 1.165) is 19.3 Å². The maximum absolute atomic E-state index is 12.0. The van der Waals surface area contributed by atoms with E-state index in [2.05, 4.69) is 0 Å². The van der Waals surface area contributed by atoms with Crippen LogP contribution in [-0.2, 0) is 16.0 Å². The molecule has 1 aromatic carbocycles. The molecule has 18 heavy (non-hydrogen) atoms. The third-order valence-corrected chi connectivity index (χ3v) is 3.77. The molecule has 3 nitrogen and oxygen atoms in total. The van der Waals surface area contributed by atoms with Crippen molar-refractivity contribution < 1.29 is 14.6 Å². The van der Waals surface area contributed by atoms with E-state index < -0.39 is 0 Å². The summed E-state index contributed by atoms with van der Waals surface area (Å²) >= 11 is 0. The topological polar surface area (TPSA) is 46.5 Å². The number of phenolic OH excluding ortho intramolecular Hbond substituents is 1. The zero-order valence-electron chi connectivity index (χ0n) is 11.0. The second kappa shape index (κ2) is 5.42. The first kappa shape index (κ1) is 12.9. The Labute approximate surface area is 108 Å². The Hall–Kier alpha value is -1.51. The zero-order chi connectivity index (χ0) is 13.1. The number of phenols is 1. The van der Waals surface area contributed by atoms with Gasteiger partial charge >= 0.3 is 5.97 Å². The molecule has 0 heterocycles. The van der Waals surface area contributed by atoms with Crippen LogP contribution in [0, 0.1) is 5.92 Å². The van der Waals surface area contributed by atoms with Gasteiger partial charge in [0, 0.05) is 0 Å². The average Bonchev–Trinajstić information content (AvgIpc) is 2.73. The number of rotatable bonds is 4. The van der Waals surface area contributed by atoms with E-state index in [-0.39, 0.29) is 17.8 Å². The Kier molecular flexibility index (Phi) is 3.90. The molecule has 0 spiro atoms. The lowest BCUT2D eigenvalue weighted by molar-refractivity contribution is -0.149. The van der Waals surface area contributed by atoms with E-state index in [1.165, 1.54) is 11.1 Å². The quantitative estimate of drug-likeness (QED) is 0.833. The molecular formula is C15H20O3. The molecular weight excluding hydrogens is 228 g/mol. The summed E-state index contributed by atoms with van der Waals surface area (Å²) in [7, 11) is 0. The number of aromatic hydroxyl groups is 1. The number of ether oxygens (including phenoxy) is 1. The molecule has 1 N–H and O–H groups in total. The van der Waals surface area contributed by atoms with Crippen molar-refractivity contribution in [3.05, 3.63) is 29.3 Å². The van der Waals surface area contributed by atoms with Crippen LogP contribution in [0.15, 0.2) is 18.2 Å². The van der Waals surface area contributed by atoms with E-state index >= 15 is 0 Å². The van der Waals surface area contributed by atoms with Crippen LogP contribution in [0.4, 0.5) is 0 Å². The number of aryl methyl sites for hydroxylation is 1. The van der Waals surface area contributed by atoms with Crippen molar-refractivity contribution in [2.24, 2.45) is 5.92 Å². The predicted octanol–water partition coefficient (Wildman–Crippen LogP) is 3.01. The minimum Gasteiger partial charge on any atom is -0.508 e. The molecule has 3 heteroatoms. The molecule has 98 valence electrons. The molecule has 0 saturated heterocycles. The van der Waals surface area contributed by atoms with E-state index in [9.17, 15) is 9.90 Å². The SMILES string of the molecule is CCOC(=O)C(CC)C1CCc2cc(O)ccc21. The van der Waals surface area contributed by atoms with Crippen LogP contribution in [0.5, 0.6) is 5.75 Å². The molecule has 0 saturated carbocycles. The lowest BCUT2D eigenvalue weighted by Crippen LogP contribution is -2.23. The van der Waals surface area contributed by atoms with Crippen molar-refractivity contribution >= 4 is 5.97 Å². The lowest BCUT2D eigenvalue weighted by atomic mass is 9.85. The van der Waals surface area contributed by atoms with Gasteiger partial charge in [0.2, 0.25) is 0 Å². The first-order valence-electron chi connectivity index (χ1n) is 6.65. The third-order valence-electron chi connectivity index (χ3n) is 3.77. The van der Waals surface area contributed by atoms with Crippen LogP contribution < -0.4 is 0 Å². The van der Waals surface area contributed by atoms with Gasteiger partial charge in [-0.2, -0.15) is 0 Å². The van der Waals surface area contributed by atoms with Gasteiger partial charge in [0.25, 0.3) is 0 Å². The number of fused-ring (bicyclic) bond motifs is 1. The Morgan fingerprint density at radius 3 is 2.94 bits per heavy atom. The fourth-order valence-corrected chi connectivity index (χ4v) is 2.92. The summed E-state index contributed by atoms with van der Waals surface area (Å²) < 4.78 is 5.16. The highest BCUT2D eigenvalue weighted by Gasteiger charge is 2.34. The molecule has 0 radical (unpaired) electrons. The molecule has 2 unspecified atom stereocenters. The van der Waals surface area contributed by atoms with Gasteiger partial charge in [-0.05, 0) is 55.4 Å². The third kappa shape index (κ3) is 2.35. The lowest BCUT2D eigenvalue weighted by Gasteiger charge is -2.21. The molecule has 1 aliphatic rings. The van der Waals surface area contributed by atoms with Crippen molar-refractivity contribution in [3.63, 3.8) is 0 Å². The molecule has 0 fully saturated rings. The summed E-state index contributed by atoms with van der Waals surface area (Å²) in [6.45, 7) is 4.30. The van der Waals surface area contributed by atoms with E-state index in [1.807, 2.05) is 26.0 Å². The number of hydrogen-bond donors (Lipinski definition) is 1. The Bertz CT molecular complexity index is 439. The number of esters is 1. The molecule has 1 aromatic rings. The van der Waals surface area contributed by atoms with Gasteiger partial charge in [-0.15, -0.1) is 0 Å². The molecule has 1 aliphatic carbocycles. The largest absolute Gasteiger partial charge is 0.508 e. The Balaban J connectivity index is 2.23. The van der Waals surface area contributed by atoms with E-state index in [4.69, 9.17) is 4.74 Å². The highest BCUT2D eigenvalue weighted by atomic mass is 16.5. The molecule has 2 atom stereocenters. The van der Waals surface area contributed by atoms with Gasteiger partial charge in [0.1, 0.15) is 5.75 Å². The van der Waals surface area contributed by atoms with Gasteiger partial charge < -0.3 is 9.84 Å². The fourth-order valence-electron chi connectivity index (χ4n) is 2.92. The smallest absolute Gasteiger partial charge is 0.309 e. The molecule has 0 bridgehead atoms. The molecule has 0 aliphatic heterocycles. The average molecular weight is 248 g/mol. The second-order valence-corrected chi connectivity index (χ2v) is 4.80. The monoisotopic (exact) mass is 248 g/mol. The summed E-state index contributed by atoms with van der Waals surface area (Å²) in [5.41, 5.74) is 2.37. The number of hydrogen-bond acceptors (Lipinski definition) is 3. The number of benzene rings is 1. The van der Waals surface area contributed by atoms with Gasteiger partial charge in [-0.3, -0.25) is 4.79 Å². The molecule has 0 aromatic heterocycles. The molecule has 2 rings (SSSR count). The van der Waals surface area contributed by atoms with Crippen LogP contribution in [0.3, 0.4) is 0 Å². The number of carbonyl (C=O) groups is 1. The molecule has 0 amide bonds. The summed E-state index contributed by atoms with van der Waals surface area (Å²) in [5, 5.41) is 9.48. The first-order valence-corrected chi connectivity index (χ1v) is 6.65. The van der Waals surface area contributed by atoms with Gasteiger partial charge in [0.05, 0.1) is 12.5 Å². The van der Waals surface area contributed by atoms with Crippen LogP contribution in [-0.4, -0.2) is 17.7 Å². The summed E-state index contributed by atoms with van der Waals surface area (Å²) in [6.07, 6.45) is 2.70. The van der Waals surface area contributed by atoms with Crippen molar-refractivity contribution in [1.82, 2.24) is 0 Å². The summed E-state index contributed by atoms with van der Waals surface area (Å²) in [5.74, 6) is 0.393. The first-order chi connectivity index (χ1) is 8.67. The fraction of sp³-hybridized carbons (Fsp3) is 0.533. The van der Waals surface area contributed by atoms with Gasteiger partial charge in [-0.1, -0.05) is 13.0 Å². The summed E-state index contributed by atoms with van der Waals surface area (Å²) in [4.78, 5) is 12.0. The second-order valence-electron chi connectivity index (χ2n) is 4.80. The predicted molar refractivity (Wildman–Crippen MR) is 69.6 cm³/mol. The number of carbonyl (C=O) groups excluding carboxylic acids is 1. The van der Waals surface area contributed by atoms with Gasteiger partial charge in [-0.25, -0.2) is 0 Å². The van der Waals surface area contributed by atoms with Crippen LogP contribution >= 0.6 is 0 Å². The highest BCUT2D eigenvalue weighted by Crippen LogP contribution is 2.41. The maximum atomic E-state index is 12.0. The highest BCUT2D eigenvalue weighted by molar-refractivity contribution is 5.74. The van der Waals surface area contributed by atoms with E-state index in [1.54, 1.807) is 6.07 Å². The normalized spacial score (nSPS) is 19.3. The van der Waals surface area contributed by atoms with Crippen LogP contribution in [0.1, 0.15) is 43.7 Å². The van der Waals surface area contributed by atoms with Crippen molar-refractivity contribution in [2.75, 3.05) is 6.61 Å². The minimum absolute atomic E-state index is 0.0595. The summed E-state index contributed by atoms with van der Waals surface area (Å²) in [6, 6.07) is 5.46. The maximum Gasteiger partial charge on any atom is 0.309 e. The van der Waals surface area contributed by atoms with E-state index in [0.29, 0.717) is 12.4 Å².